The molecule has 0 aliphatic heterocycles. The van der Waals surface area contributed by atoms with Crippen molar-refractivity contribution < 1.29 is 13.2 Å². The predicted octanol–water partition coefficient (Wildman–Crippen LogP) is 4.36. The molecule has 0 unspecified atom stereocenters. The van der Waals surface area contributed by atoms with Crippen molar-refractivity contribution in [3.05, 3.63) is 45.8 Å². The molecule has 0 bridgehead atoms. The van der Waals surface area contributed by atoms with Gasteiger partial charge in [-0.15, -0.1) is 0 Å². The number of nitrogens with zero attached hydrogens (tertiary/aromatic N) is 2. The maximum Gasteiger partial charge on any atom is 0.416 e. The largest absolute Gasteiger partial charge is 0.416 e. The number of aromatic nitrogens is 2. The number of hydrogen-bond acceptors (Lipinski definition) is 2. The highest BCUT2D eigenvalue weighted by Gasteiger charge is 2.30. The van der Waals surface area contributed by atoms with Crippen LogP contribution in [0.1, 0.15) is 11.3 Å². The van der Waals surface area contributed by atoms with Gasteiger partial charge in [0.15, 0.2) is 0 Å². The third-order valence-corrected chi connectivity index (χ3v) is 3.60. The fraction of sp³-hybridized carbons (Fsp3) is 0.250. The number of nitrogens with one attached hydrogen (secondary N) is 1. The fourth-order valence-electron chi connectivity index (χ4n) is 1.64. The summed E-state index contributed by atoms with van der Waals surface area (Å²) < 4.78 is 39.3. The molecule has 0 saturated carbocycles. The Morgan fingerprint density at radius 3 is 2.55 bits per heavy atom. The van der Waals surface area contributed by atoms with Crippen molar-refractivity contribution in [2.75, 3.05) is 5.32 Å². The van der Waals surface area contributed by atoms with E-state index in [-0.39, 0.29) is 12.4 Å². The number of halogens is 5. The number of pyridine rings is 1. The Kier molecular flexibility index (Phi) is 4.15. The lowest BCUT2D eigenvalue weighted by Crippen LogP contribution is -2.09. The highest BCUT2D eigenvalue weighted by Crippen LogP contribution is 2.30. The highest BCUT2D eigenvalue weighted by atomic mass is 35.5. The maximum absolute atomic E-state index is 12.6. The van der Waals surface area contributed by atoms with Crippen LogP contribution in [0.3, 0.4) is 0 Å². The molecule has 2 aromatic rings. The first-order valence-corrected chi connectivity index (χ1v) is 6.31. The maximum atomic E-state index is 12.6. The van der Waals surface area contributed by atoms with Gasteiger partial charge in [-0.3, -0.25) is 0 Å². The van der Waals surface area contributed by atoms with Gasteiger partial charge in [0.05, 0.1) is 17.1 Å². The molecule has 20 heavy (non-hydrogen) atoms. The van der Waals surface area contributed by atoms with E-state index in [1.165, 1.54) is 0 Å². The van der Waals surface area contributed by atoms with Crippen molar-refractivity contribution in [3.63, 3.8) is 0 Å². The lowest BCUT2D eigenvalue weighted by molar-refractivity contribution is -0.137. The van der Waals surface area contributed by atoms with E-state index < -0.39 is 11.7 Å². The molecular formula is C12H10Cl2F3N3. The van der Waals surface area contributed by atoms with E-state index in [1.807, 2.05) is 0 Å². The normalized spacial score (nSPS) is 11.7. The monoisotopic (exact) mass is 323 g/mol. The van der Waals surface area contributed by atoms with Crippen LogP contribution in [-0.2, 0) is 19.8 Å². The summed E-state index contributed by atoms with van der Waals surface area (Å²) >= 11 is 11.8. The van der Waals surface area contributed by atoms with Crippen LogP contribution >= 0.6 is 23.2 Å². The Morgan fingerprint density at radius 1 is 1.30 bits per heavy atom. The Morgan fingerprint density at radius 2 is 2.00 bits per heavy atom. The van der Waals surface area contributed by atoms with E-state index in [0.29, 0.717) is 10.2 Å². The minimum Gasteiger partial charge on any atom is -0.364 e. The van der Waals surface area contributed by atoms with E-state index in [2.05, 4.69) is 10.3 Å². The van der Waals surface area contributed by atoms with Crippen LogP contribution in [0.15, 0.2) is 24.4 Å². The number of hydrogen-bond donors (Lipinski definition) is 1. The summed E-state index contributed by atoms with van der Waals surface area (Å²) in [6.07, 6.45) is -3.28. The molecule has 1 N–H and O–H groups in total. The Balaban J connectivity index is 2.13. The lowest BCUT2D eigenvalue weighted by Gasteiger charge is -2.10. The van der Waals surface area contributed by atoms with Crippen LogP contribution in [0.2, 0.25) is 10.2 Å². The summed E-state index contributed by atoms with van der Waals surface area (Å²) in [5.41, 5.74) is -0.0165. The molecule has 0 amide bonds. The molecular weight excluding hydrogens is 314 g/mol. The molecule has 0 aliphatic rings. The summed E-state index contributed by atoms with van der Waals surface area (Å²) in [4.78, 5) is 3.84. The van der Waals surface area contributed by atoms with E-state index in [4.69, 9.17) is 23.2 Å². The van der Waals surface area contributed by atoms with Gasteiger partial charge in [0.1, 0.15) is 11.0 Å². The molecule has 2 rings (SSSR count). The summed E-state index contributed by atoms with van der Waals surface area (Å²) in [5.74, 6) is 0.133. The average Bonchev–Trinajstić information content (AvgIpc) is 2.63. The van der Waals surface area contributed by atoms with Gasteiger partial charge in [0.25, 0.3) is 0 Å². The Bertz CT molecular complexity index is 623. The number of rotatable bonds is 3. The van der Waals surface area contributed by atoms with E-state index in [0.717, 1.165) is 24.0 Å². The van der Waals surface area contributed by atoms with E-state index >= 15 is 0 Å². The first-order valence-electron chi connectivity index (χ1n) is 5.55. The molecule has 0 saturated heterocycles. The Hall–Kier alpha value is -1.40. The zero-order valence-corrected chi connectivity index (χ0v) is 11.8. The molecule has 8 heteroatoms. The Labute approximate surface area is 123 Å². The third-order valence-electron chi connectivity index (χ3n) is 2.75. The van der Waals surface area contributed by atoms with Crippen LogP contribution in [-0.4, -0.2) is 9.55 Å². The first-order chi connectivity index (χ1) is 9.29. The number of alkyl halides is 3. The molecule has 2 heterocycles. The molecule has 2 aromatic heterocycles. The minimum atomic E-state index is -4.39. The summed E-state index contributed by atoms with van der Waals surface area (Å²) in [6, 6.07) is 3.51. The molecule has 0 fully saturated rings. The summed E-state index contributed by atoms with van der Waals surface area (Å²) in [7, 11) is 1.71. The molecule has 0 aliphatic carbocycles. The van der Waals surface area contributed by atoms with Gasteiger partial charge in [-0.1, -0.05) is 23.2 Å². The quantitative estimate of drug-likeness (QED) is 0.909. The number of anilines is 1. The molecule has 0 radical (unpaired) electrons. The second kappa shape index (κ2) is 5.54. The second-order valence-electron chi connectivity index (χ2n) is 4.11. The van der Waals surface area contributed by atoms with Crippen molar-refractivity contribution in [1.29, 1.82) is 0 Å². The molecule has 0 atom stereocenters. The van der Waals surface area contributed by atoms with Gasteiger partial charge < -0.3 is 9.88 Å². The van der Waals surface area contributed by atoms with Crippen molar-refractivity contribution >= 4 is 29.0 Å². The highest BCUT2D eigenvalue weighted by molar-refractivity contribution is 6.41. The van der Waals surface area contributed by atoms with Crippen LogP contribution < -0.4 is 5.32 Å². The van der Waals surface area contributed by atoms with Crippen LogP contribution in [0.5, 0.6) is 0 Å². The zero-order valence-electron chi connectivity index (χ0n) is 10.3. The minimum absolute atomic E-state index is 0.133. The van der Waals surface area contributed by atoms with Crippen molar-refractivity contribution in [3.8, 4) is 0 Å². The van der Waals surface area contributed by atoms with Gasteiger partial charge in [0.2, 0.25) is 0 Å². The van der Waals surface area contributed by atoms with Crippen LogP contribution in [0.25, 0.3) is 0 Å². The van der Waals surface area contributed by atoms with Gasteiger partial charge in [-0.25, -0.2) is 4.98 Å². The summed E-state index contributed by atoms with van der Waals surface area (Å²) in [5, 5.41) is 3.57. The molecule has 108 valence electrons. The van der Waals surface area contributed by atoms with Crippen molar-refractivity contribution in [2.45, 2.75) is 12.7 Å². The smallest absolute Gasteiger partial charge is 0.364 e. The lowest BCUT2D eigenvalue weighted by atomic mass is 10.2. The van der Waals surface area contributed by atoms with Crippen LogP contribution in [0, 0.1) is 0 Å². The molecule has 0 spiro atoms. The van der Waals surface area contributed by atoms with Crippen molar-refractivity contribution in [1.82, 2.24) is 9.55 Å². The third kappa shape index (κ3) is 3.19. The topological polar surface area (TPSA) is 29.9 Å². The van der Waals surface area contributed by atoms with E-state index in [1.54, 1.807) is 17.7 Å². The van der Waals surface area contributed by atoms with Gasteiger partial charge in [0, 0.05) is 18.9 Å². The van der Waals surface area contributed by atoms with Gasteiger partial charge in [-0.05, 0) is 18.2 Å². The predicted molar refractivity (Wildman–Crippen MR) is 72.0 cm³/mol. The molecule has 0 aromatic carbocycles. The van der Waals surface area contributed by atoms with E-state index in [9.17, 15) is 13.2 Å². The first kappa shape index (κ1) is 15.0. The van der Waals surface area contributed by atoms with Gasteiger partial charge in [-0.2, -0.15) is 13.2 Å². The second-order valence-corrected chi connectivity index (χ2v) is 4.88. The zero-order chi connectivity index (χ0) is 14.9. The van der Waals surface area contributed by atoms with Crippen molar-refractivity contribution in [2.24, 2.45) is 7.05 Å². The van der Waals surface area contributed by atoms with Crippen LogP contribution in [0.4, 0.5) is 19.0 Å². The van der Waals surface area contributed by atoms with Gasteiger partial charge >= 0.3 is 6.18 Å². The standard InChI is InChI=1S/C12H10Cl2F3N3/c1-20-8(5-9(13)11(20)14)6-19-10-4-7(2-3-18-10)12(15,16)17/h2-5H,6H2,1H3,(H,18,19). The SMILES string of the molecule is Cn1c(CNc2cc(C(F)(F)F)ccn2)cc(Cl)c1Cl. The fourth-order valence-corrected chi connectivity index (χ4v) is 2.06. The molecule has 3 nitrogen and oxygen atoms in total. The average molecular weight is 324 g/mol. The summed E-state index contributed by atoms with van der Waals surface area (Å²) in [6.45, 7) is 0.261.